The van der Waals surface area contributed by atoms with Gasteiger partial charge in [-0.3, -0.25) is 0 Å². The topological polar surface area (TPSA) is 50.3 Å². The number of ether oxygens (including phenoxy) is 1. The molecule has 100 valence electrons. The molecular weight excluding hydrogens is 228 g/mol. The Morgan fingerprint density at radius 3 is 3.06 bits per heavy atom. The average Bonchev–Trinajstić information content (AvgIpc) is 2.36. The molecule has 0 amide bonds. The molecule has 5 heteroatoms. The summed E-state index contributed by atoms with van der Waals surface area (Å²) in [4.78, 5) is 11.1. The van der Waals surface area contributed by atoms with E-state index < -0.39 is 0 Å². The Morgan fingerprint density at radius 2 is 2.33 bits per heavy atom. The minimum absolute atomic E-state index is 0.0294. The molecule has 0 saturated carbocycles. The summed E-state index contributed by atoms with van der Waals surface area (Å²) in [6, 6.07) is 1.81. The first-order valence-electron chi connectivity index (χ1n) is 6.58. The maximum Gasteiger partial charge on any atom is 0.229 e. The van der Waals surface area contributed by atoms with Crippen LogP contribution < -0.4 is 15.0 Å². The summed E-state index contributed by atoms with van der Waals surface area (Å²) in [7, 11) is 0. The van der Waals surface area contributed by atoms with E-state index >= 15 is 0 Å². The highest BCUT2D eigenvalue weighted by Crippen LogP contribution is 2.23. The molecule has 0 radical (unpaired) electrons. The fraction of sp³-hybridized carbons (Fsp3) is 0.692. The third-order valence-electron chi connectivity index (χ3n) is 3.11. The van der Waals surface area contributed by atoms with Crippen LogP contribution in [0.3, 0.4) is 0 Å². The van der Waals surface area contributed by atoms with Crippen LogP contribution in [-0.4, -0.2) is 41.7 Å². The summed E-state index contributed by atoms with van der Waals surface area (Å²) < 4.78 is 5.56. The Hall–Kier alpha value is -1.36. The zero-order valence-electron chi connectivity index (χ0n) is 11.4. The molecule has 0 spiro atoms. The number of piperazine rings is 1. The number of aromatic nitrogens is 2. The number of hydrogen-bond acceptors (Lipinski definition) is 5. The van der Waals surface area contributed by atoms with Crippen LogP contribution in [0.2, 0.25) is 0 Å². The third kappa shape index (κ3) is 2.90. The van der Waals surface area contributed by atoms with Gasteiger partial charge in [-0.15, -0.1) is 0 Å². The monoisotopic (exact) mass is 250 g/mol. The summed E-state index contributed by atoms with van der Waals surface area (Å²) in [5.41, 5.74) is 0.0294. The van der Waals surface area contributed by atoms with Gasteiger partial charge in [-0.2, -0.15) is 4.98 Å². The van der Waals surface area contributed by atoms with Crippen LogP contribution >= 0.6 is 0 Å². The number of rotatable bonds is 4. The molecule has 0 aliphatic carbocycles. The Bertz CT molecular complexity index is 394. The van der Waals surface area contributed by atoms with Crippen LogP contribution in [0.25, 0.3) is 0 Å². The first kappa shape index (κ1) is 13.1. The van der Waals surface area contributed by atoms with Crippen molar-refractivity contribution in [2.45, 2.75) is 32.7 Å². The van der Waals surface area contributed by atoms with Crippen molar-refractivity contribution in [2.75, 3.05) is 31.1 Å². The van der Waals surface area contributed by atoms with Crippen molar-refractivity contribution in [1.82, 2.24) is 15.3 Å². The van der Waals surface area contributed by atoms with Gasteiger partial charge in [0, 0.05) is 37.4 Å². The van der Waals surface area contributed by atoms with Crippen LogP contribution in [0.4, 0.5) is 5.95 Å². The molecule has 1 aromatic heterocycles. The highest BCUT2D eigenvalue weighted by atomic mass is 16.5. The number of nitrogens with zero attached hydrogens (tertiary/aromatic N) is 3. The van der Waals surface area contributed by atoms with Gasteiger partial charge >= 0.3 is 0 Å². The lowest BCUT2D eigenvalue weighted by Gasteiger charge is -2.42. The van der Waals surface area contributed by atoms with Crippen molar-refractivity contribution in [2.24, 2.45) is 0 Å². The minimum Gasteiger partial charge on any atom is -0.478 e. The molecule has 5 nitrogen and oxygen atoms in total. The van der Waals surface area contributed by atoms with Crippen molar-refractivity contribution in [3.63, 3.8) is 0 Å². The summed E-state index contributed by atoms with van der Waals surface area (Å²) in [5.74, 6) is 1.42. The summed E-state index contributed by atoms with van der Waals surface area (Å²) in [6.45, 7) is 10.0. The normalized spacial score (nSPS) is 18.7. The maximum absolute atomic E-state index is 5.56. The summed E-state index contributed by atoms with van der Waals surface area (Å²) in [6.07, 6.45) is 2.75. The molecular formula is C13H22N4O. The van der Waals surface area contributed by atoms with Crippen molar-refractivity contribution in [3.05, 3.63) is 12.3 Å². The van der Waals surface area contributed by atoms with Crippen molar-refractivity contribution in [3.8, 4) is 5.88 Å². The van der Waals surface area contributed by atoms with E-state index in [2.05, 4.69) is 41.0 Å². The number of anilines is 1. The molecule has 0 atom stereocenters. The van der Waals surface area contributed by atoms with Crippen LogP contribution in [0, 0.1) is 0 Å². The Kier molecular flexibility index (Phi) is 4.01. The molecule has 0 aromatic carbocycles. The van der Waals surface area contributed by atoms with Crippen LogP contribution in [0.15, 0.2) is 12.3 Å². The van der Waals surface area contributed by atoms with Gasteiger partial charge in [0.05, 0.1) is 6.61 Å². The predicted molar refractivity (Wildman–Crippen MR) is 72.1 cm³/mol. The molecule has 18 heavy (non-hydrogen) atoms. The Labute approximate surface area is 109 Å². The molecule has 1 N–H and O–H groups in total. The first-order valence-corrected chi connectivity index (χ1v) is 6.58. The fourth-order valence-corrected chi connectivity index (χ4v) is 2.10. The van der Waals surface area contributed by atoms with Crippen molar-refractivity contribution >= 4 is 5.95 Å². The molecule has 0 unspecified atom stereocenters. The van der Waals surface area contributed by atoms with E-state index in [9.17, 15) is 0 Å². The van der Waals surface area contributed by atoms with Crippen molar-refractivity contribution < 1.29 is 4.74 Å². The van der Waals surface area contributed by atoms with E-state index in [1.54, 1.807) is 6.20 Å². The SMILES string of the molecule is CCCOc1ccnc(N2CCNCC2(C)C)n1. The zero-order valence-corrected chi connectivity index (χ0v) is 11.4. The van der Waals surface area contributed by atoms with Gasteiger partial charge in [0.25, 0.3) is 0 Å². The molecule has 2 heterocycles. The third-order valence-corrected chi connectivity index (χ3v) is 3.11. The van der Waals surface area contributed by atoms with Gasteiger partial charge < -0.3 is 15.0 Å². The van der Waals surface area contributed by atoms with Gasteiger partial charge in [-0.05, 0) is 20.3 Å². The lowest BCUT2D eigenvalue weighted by Crippen LogP contribution is -2.58. The Morgan fingerprint density at radius 1 is 1.50 bits per heavy atom. The van der Waals surface area contributed by atoms with E-state index in [1.807, 2.05) is 6.07 Å². The van der Waals surface area contributed by atoms with Crippen molar-refractivity contribution in [1.29, 1.82) is 0 Å². The quantitative estimate of drug-likeness (QED) is 0.876. The molecule has 2 rings (SSSR count). The predicted octanol–water partition coefficient (Wildman–Crippen LogP) is 1.45. The average molecular weight is 250 g/mol. The smallest absolute Gasteiger partial charge is 0.229 e. The minimum atomic E-state index is 0.0294. The van der Waals surface area contributed by atoms with E-state index in [1.165, 1.54) is 0 Å². The van der Waals surface area contributed by atoms with Gasteiger partial charge in [-0.25, -0.2) is 4.98 Å². The Balaban J connectivity index is 2.16. The van der Waals surface area contributed by atoms with Gasteiger partial charge in [0.1, 0.15) is 0 Å². The zero-order chi connectivity index (χ0) is 13.0. The molecule has 1 aliphatic heterocycles. The van der Waals surface area contributed by atoms with Gasteiger partial charge in [0.15, 0.2) is 0 Å². The summed E-state index contributed by atoms with van der Waals surface area (Å²) >= 11 is 0. The molecule has 1 aliphatic rings. The van der Waals surface area contributed by atoms with Gasteiger partial charge in [-0.1, -0.05) is 6.92 Å². The standard InChI is InChI=1S/C13H22N4O/c1-4-9-18-11-5-6-15-12(16-11)17-8-7-14-10-13(17,2)3/h5-6,14H,4,7-10H2,1-3H3. The van der Waals surface area contributed by atoms with E-state index in [-0.39, 0.29) is 5.54 Å². The lowest BCUT2D eigenvalue weighted by atomic mass is 10.0. The van der Waals surface area contributed by atoms with E-state index in [0.29, 0.717) is 12.5 Å². The second-order valence-corrected chi connectivity index (χ2v) is 5.18. The lowest BCUT2D eigenvalue weighted by molar-refractivity contribution is 0.303. The van der Waals surface area contributed by atoms with Crippen LogP contribution in [0.1, 0.15) is 27.2 Å². The molecule has 1 aromatic rings. The number of hydrogen-bond donors (Lipinski definition) is 1. The van der Waals surface area contributed by atoms with Crippen LogP contribution in [0.5, 0.6) is 5.88 Å². The van der Waals surface area contributed by atoms with Crippen LogP contribution in [-0.2, 0) is 0 Å². The highest BCUT2D eigenvalue weighted by molar-refractivity contribution is 5.37. The van der Waals surface area contributed by atoms with E-state index in [0.717, 1.165) is 32.0 Å². The maximum atomic E-state index is 5.56. The molecule has 0 bridgehead atoms. The molecule has 1 fully saturated rings. The van der Waals surface area contributed by atoms with E-state index in [4.69, 9.17) is 4.74 Å². The second kappa shape index (κ2) is 5.52. The molecule has 1 saturated heterocycles. The highest BCUT2D eigenvalue weighted by Gasteiger charge is 2.31. The fourth-order valence-electron chi connectivity index (χ4n) is 2.10. The largest absolute Gasteiger partial charge is 0.478 e. The first-order chi connectivity index (χ1) is 8.63. The van der Waals surface area contributed by atoms with Gasteiger partial charge in [0.2, 0.25) is 11.8 Å². The number of nitrogens with one attached hydrogen (secondary N) is 1. The second-order valence-electron chi connectivity index (χ2n) is 5.18. The summed E-state index contributed by atoms with van der Waals surface area (Å²) in [5, 5.41) is 3.40.